The Hall–Kier alpha value is -0.240. The summed E-state index contributed by atoms with van der Waals surface area (Å²) in [5, 5.41) is 0. The van der Waals surface area contributed by atoms with Gasteiger partial charge in [0.2, 0.25) is 0 Å². The van der Waals surface area contributed by atoms with Gasteiger partial charge in [0.1, 0.15) is 24.4 Å². The van der Waals surface area contributed by atoms with Crippen molar-refractivity contribution in [2.75, 3.05) is 13.2 Å². The average Bonchev–Trinajstić information content (AvgIpc) is 3.33. The van der Waals surface area contributed by atoms with E-state index in [2.05, 4.69) is 6.92 Å². The molecule has 0 aromatic carbocycles. The Morgan fingerprint density at radius 3 is 2.22 bits per heavy atom. The molecule has 154 valence electrons. The summed E-state index contributed by atoms with van der Waals surface area (Å²) < 4.78 is 38.0. The predicted octanol–water partition coefficient (Wildman–Crippen LogP) is 3.66. The van der Waals surface area contributed by atoms with Crippen molar-refractivity contribution in [3.05, 3.63) is 0 Å². The Morgan fingerprint density at radius 1 is 0.815 bits per heavy atom. The highest BCUT2D eigenvalue weighted by Crippen LogP contribution is 2.48. The molecule has 0 aromatic heterocycles. The molecule has 6 nitrogen and oxygen atoms in total. The van der Waals surface area contributed by atoms with Gasteiger partial charge in [-0.15, -0.1) is 0 Å². The fraction of sp³-hybridized carbons (Fsp3) is 1.00. The van der Waals surface area contributed by atoms with Crippen LogP contribution in [0.25, 0.3) is 0 Å². The van der Waals surface area contributed by atoms with Crippen molar-refractivity contribution in [3.63, 3.8) is 0 Å². The Bertz CT molecular complexity index is 513. The SMILES string of the molecule is CCCO[C@@H]1[C@H]2OC3(CCCCC3)O[C@H]2O[C@@H]1C1COC2(CCCCC2)O1. The normalized spacial score (nSPS) is 42.8. The zero-order valence-electron chi connectivity index (χ0n) is 16.5. The van der Waals surface area contributed by atoms with Crippen LogP contribution in [0.1, 0.15) is 77.6 Å². The fourth-order valence-electron chi connectivity index (χ4n) is 5.52. The second-order valence-electron chi connectivity index (χ2n) is 8.91. The summed E-state index contributed by atoms with van der Waals surface area (Å²) in [5.74, 6) is -0.852. The molecule has 5 fully saturated rings. The van der Waals surface area contributed by atoms with Crippen LogP contribution in [-0.2, 0) is 28.4 Å². The Kier molecular flexibility index (Phi) is 5.24. The minimum absolute atomic E-state index is 0.106. The van der Waals surface area contributed by atoms with Crippen molar-refractivity contribution in [1.29, 1.82) is 0 Å². The molecule has 1 unspecified atom stereocenters. The molecule has 3 aliphatic heterocycles. The maximum Gasteiger partial charge on any atom is 0.190 e. The summed E-state index contributed by atoms with van der Waals surface area (Å²) in [4.78, 5) is 0. The smallest absolute Gasteiger partial charge is 0.190 e. The zero-order chi connectivity index (χ0) is 18.3. The van der Waals surface area contributed by atoms with Gasteiger partial charge in [0.15, 0.2) is 17.9 Å². The van der Waals surface area contributed by atoms with Crippen molar-refractivity contribution >= 4 is 0 Å². The minimum atomic E-state index is -0.454. The lowest BCUT2D eigenvalue weighted by atomic mass is 9.94. The van der Waals surface area contributed by atoms with Crippen LogP contribution in [0.15, 0.2) is 0 Å². The molecular weight excluding hydrogens is 348 g/mol. The third kappa shape index (κ3) is 3.47. The van der Waals surface area contributed by atoms with E-state index in [-0.39, 0.29) is 30.7 Å². The largest absolute Gasteiger partial charge is 0.372 e. The first kappa shape index (κ1) is 18.8. The van der Waals surface area contributed by atoms with Gasteiger partial charge in [-0.25, -0.2) is 0 Å². The van der Waals surface area contributed by atoms with E-state index in [1.807, 2.05) is 0 Å². The van der Waals surface area contributed by atoms with E-state index in [4.69, 9.17) is 28.4 Å². The van der Waals surface area contributed by atoms with Crippen LogP contribution in [0, 0.1) is 0 Å². The topological polar surface area (TPSA) is 55.4 Å². The molecule has 5 rings (SSSR count). The summed E-state index contributed by atoms with van der Waals surface area (Å²) >= 11 is 0. The Balaban J connectivity index is 1.29. The summed E-state index contributed by atoms with van der Waals surface area (Å²) in [6.45, 7) is 3.40. The third-order valence-corrected chi connectivity index (χ3v) is 6.88. The highest BCUT2D eigenvalue weighted by atomic mass is 16.9. The molecule has 0 radical (unpaired) electrons. The van der Waals surface area contributed by atoms with E-state index in [0.717, 1.165) is 44.9 Å². The molecule has 27 heavy (non-hydrogen) atoms. The van der Waals surface area contributed by atoms with E-state index in [1.165, 1.54) is 25.7 Å². The molecule has 6 heteroatoms. The predicted molar refractivity (Wildman–Crippen MR) is 97.1 cm³/mol. The van der Waals surface area contributed by atoms with Gasteiger partial charge >= 0.3 is 0 Å². The van der Waals surface area contributed by atoms with Gasteiger partial charge in [0.25, 0.3) is 0 Å². The molecule has 0 aromatic rings. The first-order valence-corrected chi connectivity index (χ1v) is 11.2. The molecule has 3 saturated heterocycles. The molecule has 2 aliphatic carbocycles. The summed E-state index contributed by atoms with van der Waals surface area (Å²) in [5.41, 5.74) is 0. The molecule has 3 heterocycles. The monoisotopic (exact) mass is 382 g/mol. The quantitative estimate of drug-likeness (QED) is 0.740. The highest BCUT2D eigenvalue weighted by molar-refractivity contribution is 5.01. The number of rotatable bonds is 4. The Morgan fingerprint density at radius 2 is 1.52 bits per heavy atom. The first-order chi connectivity index (χ1) is 13.2. The van der Waals surface area contributed by atoms with Crippen LogP contribution >= 0.6 is 0 Å². The first-order valence-electron chi connectivity index (χ1n) is 11.2. The second kappa shape index (κ2) is 7.54. The summed E-state index contributed by atoms with van der Waals surface area (Å²) in [7, 11) is 0. The Labute approximate surface area is 162 Å². The summed E-state index contributed by atoms with van der Waals surface area (Å²) in [6.07, 6.45) is 11.1. The van der Waals surface area contributed by atoms with E-state index in [0.29, 0.717) is 13.2 Å². The van der Waals surface area contributed by atoms with Gasteiger partial charge in [0.05, 0.1) is 6.61 Å². The van der Waals surface area contributed by atoms with Crippen molar-refractivity contribution in [2.24, 2.45) is 0 Å². The molecule has 2 saturated carbocycles. The lowest BCUT2D eigenvalue weighted by Gasteiger charge is -2.35. The van der Waals surface area contributed by atoms with Gasteiger partial charge in [-0.2, -0.15) is 0 Å². The molecule has 0 N–H and O–H groups in total. The molecule has 2 spiro atoms. The fourth-order valence-corrected chi connectivity index (χ4v) is 5.52. The van der Waals surface area contributed by atoms with Gasteiger partial charge in [-0.1, -0.05) is 19.8 Å². The van der Waals surface area contributed by atoms with E-state index in [1.54, 1.807) is 0 Å². The van der Waals surface area contributed by atoms with Gasteiger partial charge in [0, 0.05) is 32.3 Å². The second-order valence-corrected chi connectivity index (χ2v) is 8.91. The number of hydrogen-bond acceptors (Lipinski definition) is 6. The van der Waals surface area contributed by atoms with Crippen LogP contribution in [0.2, 0.25) is 0 Å². The highest BCUT2D eigenvalue weighted by Gasteiger charge is 2.61. The van der Waals surface area contributed by atoms with Gasteiger partial charge < -0.3 is 28.4 Å². The molecule has 5 aliphatic rings. The van der Waals surface area contributed by atoms with Crippen LogP contribution in [0.3, 0.4) is 0 Å². The van der Waals surface area contributed by atoms with E-state index >= 15 is 0 Å². The van der Waals surface area contributed by atoms with Crippen LogP contribution in [0.5, 0.6) is 0 Å². The van der Waals surface area contributed by atoms with Crippen LogP contribution in [0.4, 0.5) is 0 Å². The van der Waals surface area contributed by atoms with Crippen LogP contribution in [-0.4, -0.2) is 55.5 Å². The van der Waals surface area contributed by atoms with Crippen molar-refractivity contribution in [2.45, 2.75) is 120 Å². The van der Waals surface area contributed by atoms with Crippen molar-refractivity contribution in [1.82, 2.24) is 0 Å². The van der Waals surface area contributed by atoms with Crippen LogP contribution < -0.4 is 0 Å². The van der Waals surface area contributed by atoms with Crippen molar-refractivity contribution < 1.29 is 28.4 Å². The van der Waals surface area contributed by atoms with Gasteiger partial charge in [-0.3, -0.25) is 0 Å². The lowest BCUT2D eigenvalue weighted by Crippen LogP contribution is -2.46. The molecule has 5 atom stereocenters. The molecule has 0 bridgehead atoms. The van der Waals surface area contributed by atoms with E-state index in [9.17, 15) is 0 Å². The number of fused-ring (bicyclic) bond motifs is 1. The maximum atomic E-state index is 6.48. The maximum absolute atomic E-state index is 6.48. The minimum Gasteiger partial charge on any atom is -0.372 e. The number of ether oxygens (including phenoxy) is 6. The van der Waals surface area contributed by atoms with E-state index < -0.39 is 11.6 Å². The third-order valence-electron chi connectivity index (χ3n) is 6.88. The summed E-state index contributed by atoms with van der Waals surface area (Å²) in [6, 6.07) is 0. The number of hydrogen-bond donors (Lipinski definition) is 0. The zero-order valence-corrected chi connectivity index (χ0v) is 16.5. The van der Waals surface area contributed by atoms with Crippen molar-refractivity contribution in [3.8, 4) is 0 Å². The average molecular weight is 382 g/mol. The standard InChI is InChI=1S/C21H34O6/c1-2-13-22-17-16(15-14-23-20(25-15)9-5-3-6-10-20)24-19-18(17)26-21(27-19)11-7-4-8-12-21/h15-19H,2-14H2,1H3/t15?,16-,17+,18-,19-/m1/s1. The molecular formula is C21H34O6. The molecule has 0 amide bonds. The van der Waals surface area contributed by atoms with Gasteiger partial charge in [-0.05, 0) is 32.1 Å². The lowest BCUT2D eigenvalue weighted by molar-refractivity contribution is -0.262.